The van der Waals surface area contributed by atoms with Gasteiger partial charge in [-0.1, -0.05) is 6.07 Å². The van der Waals surface area contributed by atoms with Crippen LogP contribution in [0.2, 0.25) is 0 Å². The number of hydrogen-bond donors (Lipinski definition) is 1. The van der Waals surface area contributed by atoms with E-state index in [1.54, 1.807) is 14.2 Å². The minimum absolute atomic E-state index is 0.400. The van der Waals surface area contributed by atoms with Gasteiger partial charge >= 0.3 is 0 Å². The number of rotatable bonds is 5. The molecule has 1 aromatic rings. The highest BCUT2D eigenvalue weighted by molar-refractivity contribution is 5.42. The first-order valence-corrected chi connectivity index (χ1v) is 6.91. The van der Waals surface area contributed by atoms with E-state index in [2.05, 4.69) is 17.0 Å². The summed E-state index contributed by atoms with van der Waals surface area (Å²) in [6.45, 7) is 3.32. The van der Waals surface area contributed by atoms with Crippen molar-refractivity contribution >= 4 is 0 Å². The highest BCUT2D eigenvalue weighted by Crippen LogP contribution is 2.27. The zero-order valence-electron chi connectivity index (χ0n) is 11.9. The van der Waals surface area contributed by atoms with Gasteiger partial charge in [-0.2, -0.15) is 0 Å². The maximum absolute atomic E-state index is 5.92. The number of methoxy groups -OCH3 is 2. The molecular weight excluding hydrogens is 240 g/mol. The molecule has 2 N–H and O–H groups in total. The average molecular weight is 264 g/mol. The normalized spacial score (nSPS) is 17.4. The molecule has 0 spiro atoms. The van der Waals surface area contributed by atoms with Gasteiger partial charge in [0.2, 0.25) is 0 Å². The van der Waals surface area contributed by atoms with Crippen LogP contribution in [-0.4, -0.2) is 44.8 Å². The fraction of sp³-hybridized carbons (Fsp3) is 0.600. The molecule has 0 aliphatic carbocycles. The Morgan fingerprint density at radius 1 is 1.16 bits per heavy atom. The van der Waals surface area contributed by atoms with E-state index in [4.69, 9.17) is 15.2 Å². The molecule has 0 saturated carbocycles. The van der Waals surface area contributed by atoms with E-state index in [1.165, 1.54) is 5.56 Å². The largest absolute Gasteiger partial charge is 0.493 e. The predicted molar refractivity (Wildman–Crippen MR) is 76.9 cm³/mol. The standard InChI is InChI=1S/C15H24N2O2/c1-18-14-4-3-12(11-15(14)19-2)5-8-17-9-6-13(16)7-10-17/h3-4,11,13H,5-10,16H2,1-2H3. The second-order valence-corrected chi connectivity index (χ2v) is 5.12. The molecule has 0 bridgehead atoms. The maximum Gasteiger partial charge on any atom is 0.160 e. The zero-order chi connectivity index (χ0) is 13.7. The van der Waals surface area contributed by atoms with Crippen molar-refractivity contribution in [3.63, 3.8) is 0 Å². The van der Waals surface area contributed by atoms with Gasteiger partial charge in [-0.05, 0) is 50.0 Å². The molecule has 19 heavy (non-hydrogen) atoms. The second-order valence-electron chi connectivity index (χ2n) is 5.12. The lowest BCUT2D eigenvalue weighted by molar-refractivity contribution is 0.215. The molecular formula is C15H24N2O2. The van der Waals surface area contributed by atoms with Crippen molar-refractivity contribution in [2.24, 2.45) is 5.73 Å². The topological polar surface area (TPSA) is 47.7 Å². The Labute approximate surface area is 115 Å². The summed E-state index contributed by atoms with van der Waals surface area (Å²) in [7, 11) is 3.34. The molecule has 2 rings (SSSR count). The van der Waals surface area contributed by atoms with E-state index in [0.29, 0.717) is 6.04 Å². The van der Waals surface area contributed by atoms with Crippen LogP contribution in [0.5, 0.6) is 11.5 Å². The summed E-state index contributed by atoms with van der Waals surface area (Å²) >= 11 is 0. The fourth-order valence-corrected chi connectivity index (χ4v) is 2.50. The van der Waals surface area contributed by atoms with Crippen LogP contribution in [0.25, 0.3) is 0 Å². The molecule has 0 radical (unpaired) electrons. The van der Waals surface area contributed by atoms with E-state index < -0.39 is 0 Å². The van der Waals surface area contributed by atoms with Crippen LogP contribution in [0.1, 0.15) is 18.4 Å². The van der Waals surface area contributed by atoms with Gasteiger partial charge in [-0.3, -0.25) is 0 Å². The third kappa shape index (κ3) is 3.85. The monoisotopic (exact) mass is 264 g/mol. The van der Waals surface area contributed by atoms with Crippen LogP contribution in [-0.2, 0) is 6.42 Å². The Morgan fingerprint density at radius 2 is 1.84 bits per heavy atom. The van der Waals surface area contributed by atoms with Crippen molar-refractivity contribution in [2.45, 2.75) is 25.3 Å². The van der Waals surface area contributed by atoms with Crippen molar-refractivity contribution in [2.75, 3.05) is 33.9 Å². The van der Waals surface area contributed by atoms with Crippen molar-refractivity contribution < 1.29 is 9.47 Å². The summed E-state index contributed by atoms with van der Waals surface area (Å²) in [6.07, 6.45) is 3.27. The van der Waals surface area contributed by atoms with E-state index in [9.17, 15) is 0 Å². The van der Waals surface area contributed by atoms with Gasteiger partial charge < -0.3 is 20.1 Å². The molecule has 4 heteroatoms. The molecule has 1 aromatic carbocycles. The van der Waals surface area contributed by atoms with E-state index >= 15 is 0 Å². The molecule has 1 fully saturated rings. The zero-order valence-corrected chi connectivity index (χ0v) is 11.9. The van der Waals surface area contributed by atoms with Crippen LogP contribution >= 0.6 is 0 Å². The Morgan fingerprint density at radius 3 is 2.47 bits per heavy atom. The highest BCUT2D eigenvalue weighted by atomic mass is 16.5. The number of piperidine rings is 1. The van der Waals surface area contributed by atoms with Crippen molar-refractivity contribution in [1.82, 2.24) is 4.90 Å². The molecule has 0 amide bonds. The second kappa shape index (κ2) is 6.78. The Kier molecular flexibility index (Phi) is 5.05. The molecule has 0 aromatic heterocycles. The van der Waals surface area contributed by atoms with E-state index in [0.717, 1.165) is 50.4 Å². The maximum atomic E-state index is 5.92. The van der Waals surface area contributed by atoms with Crippen molar-refractivity contribution in [1.29, 1.82) is 0 Å². The Hall–Kier alpha value is -1.26. The molecule has 1 aliphatic heterocycles. The van der Waals surface area contributed by atoms with Crippen molar-refractivity contribution in [3.8, 4) is 11.5 Å². The van der Waals surface area contributed by atoms with Gasteiger partial charge in [0.15, 0.2) is 11.5 Å². The number of nitrogens with zero attached hydrogens (tertiary/aromatic N) is 1. The third-order valence-corrected chi connectivity index (χ3v) is 3.80. The lowest BCUT2D eigenvalue weighted by atomic mass is 10.0. The van der Waals surface area contributed by atoms with Gasteiger partial charge in [0.1, 0.15) is 0 Å². The summed E-state index contributed by atoms with van der Waals surface area (Å²) in [6, 6.07) is 6.54. The van der Waals surface area contributed by atoms with Gasteiger partial charge in [0, 0.05) is 12.6 Å². The molecule has 4 nitrogen and oxygen atoms in total. The van der Waals surface area contributed by atoms with Crippen LogP contribution in [0.4, 0.5) is 0 Å². The molecule has 1 saturated heterocycles. The molecule has 1 aliphatic rings. The lowest BCUT2D eigenvalue weighted by Gasteiger charge is -2.30. The summed E-state index contributed by atoms with van der Waals surface area (Å²) in [5.41, 5.74) is 7.20. The first-order chi connectivity index (χ1) is 9.22. The SMILES string of the molecule is COc1ccc(CCN2CCC(N)CC2)cc1OC. The molecule has 0 atom stereocenters. The molecule has 106 valence electrons. The number of hydrogen-bond acceptors (Lipinski definition) is 4. The summed E-state index contributed by atoms with van der Waals surface area (Å²) < 4.78 is 10.6. The highest BCUT2D eigenvalue weighted by Gasteiger charge is 2.15. The van der Waals surface area contributed by atoms with Crippen LogP contribution in [0, 0.1) is 0 Å². The quantitative estimate of drug-likeness (QED) is 0.879. The number of likely N-dealkylation sites (tertiary alicyclic amines) is 1. The average Bonchev–Trinajstić information content (AvgIpc) is 2.46. The van der Waals surface area contributed by atoms with Gasteiger partial charge in [0.05, 0.1) is 14.2 Å². The minimum Gasteiger partial charge on any atom is -0.493 e. The van der Waals surface area contributed by atoms with Crippen molar-refractivity contribution in [3.05, 3.63) is 23.8 Å². The van der Waals surface area contributed by atoms with E-state index in [1.807, 2.05) is 6.07 Å². The first-order valence-electron chi connectivity index (χ1n) is 6.91. The Bertz CT molecular complexity index is 401. The number of benzene rings is 1. The van der Waals surface area contributed by atoms with Crippen LogP contribution in [0.3, 0.4) is 0 Å². The number of ether oxygens (including phenoxy) is 2. The van der Waals surface area contributed by atoms with Crippen LogP contribution in [0.15, 0.2) is 18.2 Å². The summed E-state index contributed by atoms with van der Waals surface area (Å²) in [4.78, 5) is 2.49. The summed E-state index contributed by atoms with van der Waals surface area (Å²) in [5, 5.41) is 0. The van der Waals surface area contributed by atoms with Gasteiger partial charge in [0.25, 0.3) is 0 Å². The number of nitrogens with two attached hydrogens (primary N) is 1. The molecule has 1 heterocycles. The smallest absolute Gasteiger partial charge is 0.160 e. The van der Waals surface area contributed by atoms with Crippen LogP contribution < -0.4 is 15.2 Å². The molecule has 0 unspecified atom stereocenters. The van der Waals surface area contributed by atoms with E-state index in [-0.39, 0.29) is 0 Å². The summed E-state index contributed by atoms with van der Waals surface area (Å²) in [5.74, 6) is 1.59. The Balaban J connectivity index is 1.89. The minimum atomic E-state index is 0.400. The van der Waals surface area contributed by atoms with Gasteiger partial charge in [-0.15, -0.1) is 0 Å². The predicted octanol–water partition coefficient (Wildman–Crippen LogP) is 1.67. The fourth-order valence-electron chi connectivity index (χ4n) is 2.50. The van der Waals surface area contributed by atoms with Gasteiger partial charge in [-0.25, -0.2) is 0 Å². The first kappa shape index (κ1) is 14.2. The third-order valence-electron chi connectivity index (χ3n) is 3.80. The lowest BCUT2D eigenvalue weighted by Crippen LogP contribution is -2.40.